The Bertz CT molecular complexity index is 984. The van der Waals surface area contributed by atoms with Crippen LogP contribution < -0.4 is 15.1 Å². The number of hydroxylamine groups is 2. The Morgan fingerprint density at radius 2 is 1.85 bits per heavy atom. The van der Waals surface area contributed by atoms with Gasteiger partial charge in [0.05, 0.1) is 25.4 Å². The van der Waals surface area contributed by atoms with Crippen molar-refractivity contribution in [3.63, 3.8) is 0 Å². The molecule has 4 rings (SSSR count). The van der Waals surface area contributed by atoms with Gasteiger partial charge in [-0.1, -0.05) is 30.3 Å². The standard InChI is InChI=1S/C23H26F2N4O4/c1-16(30)26-13-19-15-29(23(31)33-19)18-11-20(24)22(21(25)12-18)27-7-8-28(32-10-9-27)14-17-5-3-2-4-6-17/h2-6,11-12,19H,7-10,13-15H2,1H3,(H,26,30)/t19-/m0/s1. The number of benzene rings is 2. The average Bonchev–Trinajstić information content (AvgIpc) is 3.01. The first-order valence-corrected chi connectivity index (χ1v) is 10.8. The van der Waals surface area contributed by atoms with Crippen LogP contribution >= 0.6 is 0 Å². The molecule has 2 heterocycles. The smallest absolute Gasteiger partial charge is 0.414 e. The van der Waals surface area contributed by atoms with Gasteiger partial charge < -0.3 is 15.0 Å². The van der Waals surface area contributed by atoms with Crippen molar-refractivity contribution >= 4 is 23.4 Å². The molecule has 1 N–H and O–H groups in total. The van der Waals surface area contributed by atoms with Crippen molar-refractivity contribution in [1.29, 1.82) is 0 Å². The second kappa shape index (κ2) is 10.1. The first-order chi connectivity index (χ1) is 15.9. The molecule has 33 heavy (non-hydrogen) atoms. The predicted octanol–water partition coefficient (Wildman–Crippen LogP) is 2.68. The molecule has 176 valence electrons. The molecule has 10 heteroatoms. The number of carbonyl (C=O) groups is 2. The molecule has 2 aromatic rings. The van der Waals surface area contributed by atoms with E-state index in [-0.39, 0.29) is 37.0 Å². The van der Waals surface area contributed by atoms with Crippen LogP contribution in [0.15, 0.2) is 42.5 Å². The summed E-state index contributed by atoms with van der Waals surface area (Å²) in [7, 11) is 0. The molecule has 1 atom stereocenters. The van der Waals surface area contributed by atoms with Crippen LogP contribution in [0.3, 0.4) is 0 Å². The monoisotopic (exact) mass is 460 g/mol. The molecule has 0 saturated carbocycles. The SMILES string of the molecule is CC(=O)NC[C@H]1CN(c2cc(F)c(N3CCON(Cc4ccccc4)CC3)c(F)c2)C(=O)O1. The molecule has 2 amide bonds. The van der Waals surface area contributed by atoms with Crippen LogP contribution in [0.2, 0.25) is 0 Å². The van der Waals surface area contributed by atoms with Crippen molar-refractivity contribution < 1.29 is 27.9 Å². The van der Waals surface area contributed by atoms with E-state index in [1.165, 1.54) is 6.92 Å². The highest BCUT2D eigenvalue weighted by molar-refractivity contribution is 5.90. The largest absolute Gasteiger partial charge is 0.442 e. The summed E-state index contributed by atoms with van der Waals surface area (Å²) in [5.41, 5.74) is 1.01. The number of hydrogen-bond donors (Lipinski definition) is 1. The van der Waals surface area contributed by atoms with E-state index in [0.29, 0.717) is 26.2 Å². The lowest BCUT2D eigenvalue weighted by atomic mass is 10.2. The van der Waals surface area contributed by atoms with Crippen LogP contribution in [-0.2, 0) is 20.9 Å². The van der Waals surface area contributed by atoms with E-state index in [4.69, 9.17) is 9.57 Å². The van der Waals surface area contributed by atoms with E-state index in [1.54, 1.807) is 9.96 Å². The first kappa shape index (κ1) is 22.9. The lowest BCUT2D eigenvalue weighted by molar-refractivity contribution is -0.154. The highest BCUT2D eigenvalue weighted by atomic mass is 19.1. The fraction of sp³-hybridized carbons (Fsp3) is 0.391. The number of nitrogens with zero attached hydrogens (tertiary/aromatic N) is 3. The fourth-order valence-electron chi connectivity index (χ4n) is 3.93. The van der Waals surface area contributed by atoms with Crippen LogP contribution in [0.5, 0.6) is 0 Å². The Labute approximate surface area is 190 Å². The van der Waals surface area contributed by atoms with E-state index >= 15 is 8.78 Å². The topological polar surface area (TPSA) is 74.4 Å². The molecular formula is C23H26F2N4O4. The van der Waals surface area contributed by atoms with Crippen LogP contribution in [0.4, 0.5) is 25.0 Å². The number of ether oxygens (including phenoxy) is 1. The molecule has 2 aliphatic rings. The number of rotatable bonds is 6. The number of nitrogens with one attached hydrogen (secondary N) is 1. The summed E-state index contributed by atoms with van der Waals surface area (Å²) in [4.78, 5) is 31.8. The molecule has 8 nitrogen and oxygen atoms in total. The van der Waals surface area contributed by atoms with Gasteiger partial charge in [-0.3, -0.25) is 14.5 Å². The maximum atomic E-state index is 15.0. The van der Waals surface area contributed by atoms with Crippen molar-refractivity contribution in [2.24, 2.45) is 0 Å². The summed E-state index contributed by atoms with van der Waals surface area (Å²) in [5, 5.41) is 4.35. The highest BCUT2D eigenvalue weighted by Crippen LogP contribution is 2.31. The van der Waals surface area contributed by atoms with Crippen molar-refractivity contribution in [3.05, 3.63) is 59.7 Å². The summed E-state index contributed by atoms with van der Waals surface area (Å²) < 4.78 is 35.2. The number of amides is 2. The van der Waals surface area contributed by atoms with Gasteiger partial charge in [0.1, 0.15) is 11.8 Å². The lowest BCUT2D eigenvalue weighted by Crippen LogP contribution is -2.33. The molecule has 0 unspecified atom stereocenters. The van der Waals surface area contributed by atoms with Crippen molar-refractivity contribution in [1.82, 2.24) is 10.4 Å². The molecule has 2 aromatic carbocycles. The summed E-state index contributed by atoms with van der Waals surface area (Å²) >= 11 is 0. The average molecular weight is 460 g/mol. The summed E-state index contributed by atoms with van der Waals surface area (Å²) in [6.07, 6.45) is -1.30. The lowest BCUT2D eigenvalue weighted by Gasteiger charge is -2.24. The Kier molecular flexibility index (Phi) is 7.05. The van der Waals surface area contributed by atoms with E-state index in [1.807, 2.05) is 30.3 Å². The van der Waals surface area contributed by atoms with Gasteiger partial charge in [0, 0.05) is 45.2 Å². The van der Waals surface area contributed by atoms with Crippen molar-refractivity contribution in [2.45, 2.75) is 19.6 Å². The second-order valence-electron chi connectivity index (χ2n) is 7.98. The molecule has 2 fully saturated rings. The fourth-order valence-corrected chi connectivity index (χ4v) is 3.93. The Balaban J connectivity index is 1.43. The zero-order valence-electron chi connectivity index (χ0n) is 18.3. The maximum absolute atomic E-state index is 15.0. The Morgan fingerprint density at radius 3 is 2.55 bits per heavy atom. The predicted molar refractivity (Wildman–Crippen MR) is 118 cm³/mol. The molecule has 0 spiro atoms. The number of hydrogen-bond acceptors (Lipinski definition) is 6. The third-order valence-corrected chi connectivity index (χ3v) is 5.54. The zero-order valence-corrected chi connectivity index (χ0v) is 18.3. The third kappa shape index (κ3) is 5.58. The second-order valence-corrected chi connectivity index (χ2v) is 7.98. The van der Waals surface area contributed by atoms with Crippen LogP contribution in [-0.4, -0.2) is 62.5 Å². The maximum Gasteiger partial charge on any atom is 0.414 e. The Morgan fingerprint density at radius 1 is 1.12 bits per heavy atom. The van der Waals surface area contributed by atoms with Gasteiger partial charge in [-0.2, -0.15) is 5.06 Å². The van der Waals surface area contributed by atoms with Gasteiger partial charge in [-0.25, -0.2) is 13.6 Å². The quantitative estimate of drug-likeness (QED) is 0.715. The van der Waals surface area contributed by atoms with Gasteiger partial charge in [0.15, 0.2) is 11.6 Å². The molecule has 0 bridgehead atoms. The number of halogens is 2. The Hall–Kier alpha value is -3.24. The minimum atomic E-state index is -0.764. The molecule has 2 aliphatic heterocycles. The highest BCUT2D eigenvalue weighted by Gasteiger charge is 2.34. The van der Waals surface area contributed by atoms with E-state index in [0.717, 1.165) is 22.6 Å². The normalized spacial score (nSPS) is 19.4. The number of carbonyl (C=O) groups excluding carboxylic acids is 2. The minimum absolute atomic E-state index is 0.0702. The molecule has 2 saturated heterocycles. The summed E-state index contributed by atoms with van der Waals surface area (Å²) in [6, 6.07) is 12.1. The van der Waals surface area contributed by atoms with Gasteiger partial charge in [0.25, 0.3) is 0 Å². The first-order valence-electron chi connectivity index (χ1n) is 10.8. The van der Waals surface area contributed by atoms with Crippen LogP contribution in [0, 0.1) is 11.6 Å². The number of cyclic esters (lactones) is 1. The van der Waals surface area contributed by atoms with Gasteiger partial charge in [-0.05, 0) is 5.56 Å². The minimum Gasteiger partial charge on any atom is -0.442 e. The molecular weight excluding hydrogens is 434 g/mol. The third-order valence-electron chi connectivity index (χ3n) is 5.54. The van der Waals surface area contributed by atoms with Crippen LogP contribution in [0.1, 0.15) is 12.5 Å². The number of anilines is 2. The van der Waals surface area contributed by atoms with Gasteiger partial charge in [0.2, 0.25) is 5.91 Å². The molecule has 0 radical (unpaired) electrons. The zero-order chi connectivity index (χ0) is 23.4. The van der Waals surface area contributed by atoms with E-state index in [9.17, 15) is 9.59 Å². The van der Waals surface area contributed by atoms with Gasteiger partial charge >= 0.3 is 6.09 Å². The van der Waals surface area contributed by atoms with Crippen LogP contribution in [0.25, 0.3) is 0 Å². The van der Waals surface area contributed by atoms with Crippen molar-refractivity contribution in [3.8, 4) is 0 Å². The van der Waals surface area contributed by atoms with E-state index in [2.05, 4.69) is 5.32 Å². The van der Waals surface area contributed by atoms with E-state index < -0.39 is 23.8 Å². The molecule has 0 aliphatic carbocycles. The van der Waals surface area contributed by atoms with Crippen molar-refractivity contribution in [2.75, 3.05) is 49.1 Å². The molecule has 0 aromatic heterocycles. The van der Waals surface area contributed by atoms with Gasteiger partial charge in [-0.15, -0.1) is 0 Å². The summed E-state index contributed by atoms with van der Waals surface area (Å²) in [6.45, 7) is 3.61. The summed E-state index contributed by atoms with van der Waals surface area (Å²) in [5.74, 6) is -1.78.